The Morgan fingerprint density at radius 1 is 0.720 bits per heavy atom. The molecule has 1 aromatic carbocycles. The second-order valence-corrected chi connectivity index (χ2v) is 23.4. The van der Waals surface area contributed by atoms with E-state index in [-0.39, 0.29) is 41.9 Å². The number of hydrogen-bond donors (Lipinski definition) is 6. The highest BCUT2D eigenvalue weighted by atomic mass is 32.1. The largest absolute Gasteiger partial charge is 0.386 e. The van der Waals surface area contributed by atoms with Gasteiger partial charge in [-0.15, -0.1) is 68.0 Å². The molecule has 0 saturated carbocycles. The Labute approximate surface area is 454 Å². The fourth-order valence-electron chi connectivity index (χ4n) is 7.78. The van der Waals surface area contributed by atoms with Gasteiger partial charge < -0.3 is 41.3 Å². The molecule has 1 aliphatic heterocycles. The second-order valence-electron chi connectivity index (χ2n) is 17.5. The van der Waals surface area contributed by atoms with Gasteiger partial charge in [0.05, 0.1) is 42.2 Å². The minimum Gasteiger partial charge on any atom is -0.386 e. The van der Waals surface area contributed by atoms with Crippen molar-refractivity contribution in [3.05, 3.63) is 111 Å². The first-order valence-corrected chi connectivity index (χ1v) is 28.3. The average molecular weight is 1120 g/mol. The number of thiazole rings is 6. The molecule has 4 atom stereocenters. The van der Waals surface area contributed by atoms with Gasteiger partial charge >= 0.3 is 0 Å². The van der Waals surface area contributed by atoms with Crippen LogP contribution < -0.4 is 31.5 Å². The summed E-state index contributed by atoms with van der Waals surface area (Å²) >= 11 is 7.57. The molecule has 7 aromatic heterocycles. The number of rotatable bonds is 9. The maximum atomic E-state index is 14.2. The molecular weight excluding hydrogens is 1080 g/mol. The lowest BCUT2D eigenvalue weighted by Crippen LogP contribution is -2.40. The first kappa shape index (κ1) is 53.1. The van der Waals surface area contributed by atoms with Gasteiger partial charge in [-0.1, -0.05) is 44.2 Å². The lowest BCUT2D eigenvalue weighted by Gasteiger charge is -2.23. The molecule has 4 unspecified atom stereocenters. The van der Waals surface area contributed by atoms with Crippen LogP contribution in [0.25, 0.3) is 43.4 Å². The lowest BCUT2D eigenvalue weighted by molar-refractivity contribution is -0.122. The normalized spacial score (nSPS) is 16.9. The monoisotopic (exact) mass is 1120 g/mol. The van der Waals surface area contributed by atoms with E-state index in [2.05, 4.69) is 26.6 Å². The third-order valence-electron chi connectivity index (χ3n) is 11.7. The molecule has 8 aromatic rings. The van der Waals surface area contributed by atoms with Gasteiger partial charge in [0.15, 0.2) is 0 Å². The number of nitrogens with one attached hydrogen (secondary N) is 5. The van der Waals surface area contributed by atoms with E-state index in [4.69, 9.17) is 39.6 Å². The number of fused-ring (bicyclic) bond motifs is 14. The number of amides is 5. The second kappa shape index (κ2) is 23.0. The predicted octanol–water partition coefficient (Wildman–Crippen LogP) is 7.38. The number of anilines is 1. The highest BCUT2D eigenvalue weighted by Gasteiger charge is 2.33. The number of aromatic nitrogens is 7. The Morgan fingerprint density at radius 3 is 2.16 bits per heavy atom. The number of aliphatic hydroxyl groups is 1. The van der Waals surface area contributed by atoms with Crippen molar-refractivity contribution < 1.29 is 33.8 Å². The number of pyridine rings is 1. The summed E-state index contributed by atoms with van der Waals surface area (Å²) in [5, 5.41) is 36.0. The zero-order chi connectivity index (χ0) is 53.1. The molecule has 26 heteroatoms. The number of aryl methyl sites for hydroxylation is 1. The van der Waals surface area contributed by atoms with Gasteiger partial charge in [0.25, 0.3) is 17.7 Å². The van der Waals surface area contributed by atoms with Crippen LogP contribution in [0.3, 0.4) is 0 Å². The summed E-state index contributed by atoms with van der Waals surface area (Å²) < 4.78 is 5.44. The highest BCUT2D eigenvalue weighted by molar-refractivity contribution is 7.15. The smallest absolute Gasteiger partial charge is 0.271 e. The van der Waals surface area contributed by atoms with E-state index in [0.29, 0.717) is 73.7 Å². The van der Waals surface area contributed by atoms with Crippen molar-refractivity contribution >= 4 is 103 Å². The summed E-state index contributed by atoms with van der Waals surface area (Å²) in [6.07, 6.45) is -1.42. The van der Waals surface area contributed by atoms with Crippen molar-refractivity contribution in [2.45, 2.75) is 58.0 Å². The molecule has 1 aliphatic rings. The fraction of sp³-hybridized carbons (Fsp3) is 0.306. The first-order chi connectivity index (χ1) is 36.1. The number of carbonyl (C=O) groups is 5. The molecule has 5 amide bonds. The summed E-state index contributed by atoms with van der Waals surface area (Å²) in [6, 6.07) is 9.89. The van der Waals surface area contributed by atoms with Crippen LogP contribution in [0.4, 0.5) is 5.82 Å². The van der Waals surface area contributed by atoms with Gasteiger partial charge in [-0.05, 0) is 30.5 Å². The molecule has 8 heterocycles. The summed E-state index contributed by atoms with van der Waals surface area (Å²) in [6.45, 7) is 5.06. The van der Waals surface area contributed by atoms with Gasteiger partial charge in [0, 0.05) is 60.2 Å². The van der Waals surface area contributed by atoms with E-state index in [1.54, 1.807) is 41.9 Å². The third-order valence-corrected chi connectivity index (χ3v) is 17.4. The van der Waals surface area contributed by atoms with Crippen LogP contribution in [0.15, 0.2) is 64.0 Å². The van der Waals surface area contributed by atoms with E-state index in [9.17, 15) is 29.1 Å². The van der Waals surface area contributed by atoms with Gasteiger partial charge in [-0.2, -0.15) is 0 Å². The van der Waals surface area contributed by atoms with Crippen molar-refractivity contribution in [3.63, 3.8) is 0 Å². The van der Waals surface area contributed by atoms with Crippen molar-refractivity contribution in [2.75, 3.05) is 39.7 Å². The van der Waals surface area contributed by atoms with Crippen molar-refractivity contribution in [1.82, 2.24) is 61.5 Å². The Kier molecular flexibility index (Phi) is 16.3. The number of methoxy groups -OCH3 is 1. The molecule has 0 spiro atoms. The average Bonchev–Trinajstić information content (AvgIpc) is 4.27. The van der Waals surface area contributed by atoms with E-state index < -0.39 is 54.4 Å². The highest BCUT2D eigenvalue weighted by Crippen LogP contribution is 2.40. The number of aliphatic hydroxyl groups excluding tert-OH is 1. The molecular formula is C49H49N13O7S6. The zero-order valence-electron chi connectivity index (χ0n) is 41.3. The number of ether oxygens (including phenoxy) is 1. The van der Waals surface area contributed by atoms with E-state index in [1.807, 2.05) is 61.8 Å². The standard InChI is InChI=1S/C49H49N13O7S6/c1-22(2)35-49-61-38(31(75-49)17-69-7)42(67)51-16-34(64)58-39(40(65)24-11-9-8-10-12-24)48-56-30(20-72-48)46-54-28(18-71-46)37-25(13-14-26(52-37)45-57-32(21-73-45)62(5)6)44-55-29(19-70-44)41(66)53-27(15-33(63)50-4)47-60-36(23(3)74-47)43(68)59-35/h8-14,18-22,27,35,39-40,65H,15-17H2,1-7H3,(H,50,63)(H,51,67)(H,53,66)(H,58,64)(H,59,68). The molecule has 6 N–H and O–H groups in total. The maximum Gasteiger partial charge on any atom is 0.271 e. The molecule has 0 aliphatic carbocycles. The SMILES string of the molecule is CNC(=O)CC1NC(=O)c2csc(n2)-c2ccc(-c3nc(N(C)C)cs3)nc2-c2csc(n2)-c2csc(n2)C(C(O)c2ccccc2)NC(=O)CNC(=O)c2nc(sc2COC)C(C(C)C)NC(=O)c2nc1sc2C. The quantitative estimate of drug-likeness (QED) is 0.0823. The van der Waals surface area contributed by atoms with Crippen molar-refractivity contribution in [1.29, 1.82) is 0 Å². The Bertz CT molecular complexity index is 3400. The molecule has 0 saturated heterocycles. The Balaban J connectivity index is 1.14. The van der Waals surface area contributed by atoms with Crippen LogP contribution >= 0.6 is 68.0 Å². The van der Waals surface area contributed by atoms with Crippen LogP contribution in [0.5, 0.6) is 0 Å². The minimum atomic E-state index is -1.24. The lowest BCUT2D eigenvalue weighted by atomic mass is 10.0. The van der Waals surface area contributed by atoms with Crippen molar-refractivity contribution in [3.8, 4) is 43.4 Å². The van der Waals surface area contributed by atoms with Gasteiger partial charge in [0.2, 0.25) is 11.8 Å². The summed E-state index contributed by atoms with van der Waals surface area (Å²) in [4.78, 5) is 106. The number of hydrogen-bond acceptors (Lipinski definition) is 21. The molecule has 388 valence electrons. The Hall–Kier alpha value is -6.78. The topological polar surface area (TPSA) is 268 Å². The van der Waals surface area contributed by atoms with Crippen LogP contribution in [0.1, 0.15) is 106 Å². The molecule has 0 radical (unpaired) electrons. The van der Waals surface area contributed by atoms with Gasteiger partial charge in [-0.3, -0.25) is 24.0 Å². The number of benzene rings is 1. The third kappa shape index (κ3) is 11.7. The summed E-state index contributed by atoms with van der Waals surface area (Å²) in [7, 11) is 6.79. The van der Waals surface area contributed by atoms with Gasteiger partial charge in [-0.25, -0.2) is 34.9 Å². The first-order valence-electron chi connectivity index (χ1n) is 23.2. The van der Waals surface area contributed by atoms with Gasteiger partial charge in [0.1, 0.15) is 82.2 Å². The van der Waals surface area contributed by atoms with Crippen LogP contribution in [0.2, 0.25) is 0 Å². The summed E-state index contributed by atoms with van der Waals surface area (Å²) in [5.74, 6) is -2.19. The summed E-state index contributed by atoms with van der Waals surface area (Å²) in [5.41, 5.74) is 3.33. The molecule has 9 rings (SSSR count). The molecule has 0 fully saturated rings. The minimum absolute atomic E-state index is 0.0182. The Morgan fingerprint density at radius 2 is 1.43 bits per heavy atom. The van der Waals surface area contributed by atoms with E-state index in [1.165, 1.54) is 82.2 Å². The van der Waals surface area contributed by atoms with E-state index >= 15 is 0 Å². The van der Waals surface area contributed by atoms with Crippen molar-refractivity contribution in [2.24, 2.45) is 5.92 Å². The number of carbonyl (C=O) groups excluding carboxylic acids is 5. The molecule has 75 heavy (non-hydrogen) atoms. The molecule has 10 bridgehead atoms. The maximum absolute atomic E-state index is 14.2. The van der Waals surface area contributed by atoms with Crippen LogP contribution in [-0.2, 0) is 20.9 Å². The fourth-order valence-corrected chi connectivity index (χ4v) is 13.4. The van der Waals surface area contributed by atoms with Crippen LogP contribution in [0, 0.1) is 12.8 Å². The number of nitrogens with zero attached hydrogens (tertiary/aromatic N) is 8. The predicted molar refractivity (Wildman–Crippen MR) is 291 cm³/mol. The molecule has 20 nitrogen and oxygen atoms in total. The zero-order valence-corrected chi connectivity index (χ0v) is 46.2. The van der Waals surface area contributed by atoms with E-state index in [0.717, 1.165) is 5.82 Å². The van der Waals surface area contributed by atoms with Crippen LogP contribution in [-0.4, -0.2) is 104 Å².